The molecule has 0 amide bonds. The molecule has 2 N–H and O–H groups in total. The van der Waals surface area contributed by atoms with Gasteiger partial charge in [0.1, 0.15) is 11.6 Å². The smallest absolute Gasteiger partial charge is 0.198 e. The van der Waals surface area contributed by atoms with E-state index in [9.17, 15) is 9.18 Å². The van der Waals surface area contributed by atoms with E-state index >= 15 is 0 Å². The molecule has 3 heterocycles. The topological polar surface area (TPSA) is 71.8 Å². The number of carbonyl (C=O) groups is 1. The van der Waals surface area contributed by atoms with Gasteiger partial charge in [0.25, 0.3) is 0 Å². The van der Waals surface area contributed by atoms with Crippen LogP contribution in [-0.4, -0.2) is 20.5 Å². The number of para-hydroxylation sites is 1. The van der Waals surface area contributed by atoms with E-state index in [4.69, 9.17) is 0 Å². The number of fused-ring (bicyclic) bond motifs is 2. The highest BCUT2D eigenvalue weighted by Crippen LogP contribution is 2.35. The average molecular weight is 399 g/mol. The Morgan fingerprint density at radius 2 is 2.00 bits per heavy atom. The summed E-state index contributed by atoms with van der Waals surface area (Å²) < 4.78 is 16.5. The Morgan fingerprint density at radius 1 is 1.10 bits per heavy atom. The molecule has 5 rings (SSSR count). The summed E-state index contributed by atoms with van der Waals surface area (Å²) in [6.45, 7) is 2.44. The number of carbonyl (C=O) groups excluding carboxylic acids is 1. The third kappa shape index (κ3) is 3.10. The van der Waals surface area contributed by atoms with Gasteiger partial charge in [-0.15, -0.1) is 0 Å². The number of hydrogen-bond donors (Lipinski definition) is 2. The fourth-order valence-corrected chi connectivity index (χ4v) is 3.56. The van der Waals surface area contributed by atoms with Gasteiger partial charge in [-0.25, -0.2) is 14.1 Å². The normalized spacial score (nSPS) is 12.2. The number of halogens is 1. The van der Waals surface area contributed by atoms with Crippen molar-refractivity contribution >= 4 is 23.0 Å². The standard InChI is InChI=1S/C23H18FN5O/c1-14-9-11-29(28-14)16-7-8-17(19(24)12-16)22(30)18-5-2-6-20-21(18)27-23-15(13-26-20)4-3-10-25-23/h2-12,26H,13H2,1H3,(H,25,27). The van der Waals surface area contributed by atoms with Crippen molar-refractivity contribution in [3.63, 3.8) is 0 Å². The molecular formula is C23H18FN5O. The summed E-state index contributed by atoms with van der Waals surface area (Å²) in [5.41, 5.74) is 4.10. The van der Waals surface area contributed by atoms with Gasteiger partial charge in [-0.05, 0) is 43.3 Å². The van der Waals surface area contributed by atoms with Crippen LogP contribution in [0.5, 0.6) is 0 Å². The Kier molecular flexibility index (Phi) is 4.28. The highest BCUT2D eigenvalue weighted by molar-refractivity contribution is 6.14. The lowest BCUT2D eigenvalue weighted by atomic mass is 9.99. The number of aryl methyl sites for hydroxylation is 1. The summed E-state index contributed by atoms with van der Waals surface area (Å²) in [5, 5.41) is 10.9. The Bertz CT molecular complexity index is 1280. The maximum atomic E-state index is 14.9. The van der Waals surface area contributed by atoms with Crippen molar-refractivity contribution in [3.05, 3.63) is 95.2 Å². The number of hydrogen-bond acceptors (Lipinski definition) is 5. The van der Waals surface area contributed by atoms with Crippen LogP contribution in [0.25, 0.3) is 5.69 Å². The quantitative estimate of drug-likeness (QED) is 0.492. The zero-order chi connectivity index (χ0) is 20.7. The number of rotatable bonds is 3. The van der Waals surface area contributed by atoms with Crippen molar-refractivity contribution in [2.75, 3.05) is 10.6 Å². The lowest BCUT2D eigenvalue weighted by Gasteiger charge is -2.14. The van der Waals surface area contributed by atoms with Crippen LogP contribution < -0.4 is 10.6 Å². The highest BCUT2D eigenvalue weighted by Gasteiger charge is 2.22. The van der Waals surface area contributed by atoms with Crippen LogP contribution in [0.3, 0.4) is 0 Å². The first-order valence-corrected chi connectivity index (χ1v) is 9.55. The SMILES string of the molecule is Cc1ccn(-c2ccc(C(=O)c3cccc4c3Nc3ncccc3CN4)c(F)c2)n1. The van der Waals surface area contributed by atoms with Gasteiger partial charge >= 0.3 is 0 Å². The minimum Gasteiger partial charge on any atom is -0.379 e. The van der Waals surface area contributed by atoms with Crippen LogP contribution in [0.4, 0.5) is 21.6 Å². The van der Waals surface area contributed by atoms with Gasteiger partial charge in [-0.3, -0.25) is 4.79 Å². The number of pyridine rings is 1. The maximum Gasteiger partial charge on any atom is 0.198 e. The Hall–Kier alpha value is -4.00. The number of benzene rings is 2. The van der Waals surface area contributed by atoms with Crippen LogP contribution in [0.1, 0.15) is 27.2 Å². The number of anilines is 3. The van der Waals surface area contributed by atoms with E-state index in [-0.39, 0.29) is 5.56 Å². The summed E-state index contributed by atoms with van der Waals surface area (Å²) in [7, 11) is 0. The van der Waals surface area contributed by atoms with E-state index < -0.39 is 11.6 Å². The molecule has 0 aliphatic carbocycles. The van der Waals surface area contributed by atoms with E-state index in [0.717, 1.165) is 16.9 Å². The van der Waals surface area contributed by atoms with E-state index in [1.807, 2.05) is 31.2 Å². The summed E-state index contributed by atoms with van der Waals surface area (Å²) >= 11 is 0. The van der Waals surface area contributed by atoms with E-state index in [2.05, 4.69) is 20.7 Å². The molecule has 2 aromatic heterocycles. The molecule has 148 valence electrons. The predicted octanol–water partition coefficient (Wildman–Crippen LogP) is 4.61. The van der Waals surface area contributed by atoms with Crippen LogP contribution >= 0.6 is 0 Å². The molecule has 1 aliphatic heterocycles. The molecule has 1 aliphatic rings. The minimum atomic E-state index is -0.594. The third-order valence-corrected chi connectivity index (χ3v) is 5.10. The molecule has 0 unspecified atom stereocenters. The van der Waals surface area contributed by atoms with E-state index in [1.54, 1.807) is 35.3 Å². The molecule has 0 atom stereocenters. The van der Waals surface area contributed by atoms with Crippen LogP contribution in [-0.2, 0) is 6.54 Å². The molecule has 6 nitrogen and oxygen atoms in total. The Labute approximate surface area is 172 Å². The van der Waals surface area contributed by atoms with E-state index in [0.29, 0.717) is 29.3 Å². The molecule has 0 bridgehead atoms. The molecule has 0 saturated carbocycles. The largest absolute Gasteiger partial charge is 0.379 e. The van der Waals surface area contributed by atoms with Crippen LogP contribution in [0, 0.1) is 12.7 Å². The fraction of sp³-hybridized carbons (Fsp3) is 0.0870. The second kappa shape index (κ2) is 7.11. The molecule has 7 heteroatoms. The summed E-state index contributed by atoms with van der Waals surface area (Å²) in [4.78, 5) is 17.6. The van der Waals surface area contributed by atoms with Gasteiger partial charge in [0.05, 0.1) is 28.3 Å². The summed E-state index contributed by atoms with van der Waals surface area (Å²) in [5.74, 6) is -0.321. The second-order valence-corrected chi connectivity index (χ2v) is 7.11. The summed E-state index contributed by atoms with van der Waals surface area (Å²) in [6, 6.07) is 15.5. The Morgan fingerprint density at radius 3 is 2.80 bits per heavy atom. The molecule has 30 heavy (non-hydrogen) atoms. The van der Waals surface area contributed by atoms with Gasteiger partial charge < -0.3 is 10.6 Å². The number of aromatic nitrogens is 3. The molecule has 4 aromatic rings. The van der Waals surface area contributed by atoms with Gasteiger partial charge in [0.15, 0.2) is 5.78 Å². The third-order valence-electron chi connectivity index (χ3n) is 5.10. The number of nitrogens with one attached hydrogen (secondary N) is 2. The minimum absolute atomic E-state index is 0.00307. The first-order valence-electron chi connectivity index (χ1n) is 9.55. The van der Waals surface area contributed by atoms with Gasteiger partial charge in [0.2, 0.25) is 0 Å². The molecule has 0 radical (unpaired) electrons. The van der Waals surface area contributed by atoms with Crippen molar-refractivity contribution in [2.45, 2.75) is 13.5 Å². The lowest BCUT2D eigenvalue weighted by Crippen LogP contribution is -2.09. The maximum absolute atomic E-state index is 14.9. The van der Waals surface area contributed by atoms with Gasteiger partial charge in [0, 0.05) is 36.1 Å². The molecule has 0 fully saturated rings. The van der Waals surface area contributed by atoms with Crippen molar-refractivity contribution < 1.29 is 9.18 Å². The lowest BCUT2D eigenvalue weighted by molar-refractivity contribution is 0.103. The highest BCUT2D eigenvalue weighted by atomic mass is 19.1. The Balaban J connectivity index is 1.54. The van der Waals surface area contributed by atoms with Crippen LogP contribution in [0.15, 0.2) is 67.0 Å². The second-order valence-electron chi connectivity index (χ2n) is 7.11. The van der Waals surface area contributed by atoms with Crippen LogP contribution in [0.2, 0.25) is 0 Å². The fourth-order valence-electron chi connectivity index (χ4n) is 3.56. The predicted molar refractivity (Wildman–Crippen MR) is 113 cm³/mol. The molecule has 0 saturated heterocycles. The summed E-state index contributed by atoms with van der Waals surface area (Å²) in [6.07, 6.45) is 3.44. The van der Waals surface area contributed by atoms with Gasteiger partial charge in [-0.1, -0.05) is 12.1 Å². The zero-order valence-electron chi connectivity index (χ0n) is 16.2. The van der Waals surface area contributed by atoms with Gasteiger partial charge in [-0.2, -0.15) is 5.10 Å². The average Bonchev–Trinajstić information content (AvgIpc) is 3.10. The molecule has 0 spiro atoms. The molecule has 2 aromatic carbocycles. The van der Waals surface area contributed by atoms with Crippen molar-refractivity contribution in [2.24, 2.45) is 0 Å². The first kappa shape index (κ1) is 18.1. The first-order chi connectivity index (χ1) is 14.6. The number of nitrogens with zero attached hydrogens (tertiary/aromatic N) is 3. The van der Waals surface area contributed by atoms with Crippen molar-refractivity contribution in [1.29, 1.82) is 0 Å². The number of ketones is 1. The molecular weight excluding hydrogens is 381 g/mol. The van der Waals surface area contributed by atoms with Crippen molar-refractivity contribution in [3.8, 4) is 5.69 Å². The zero-order valence-corrected chi connectivity index (χ0v) is 16.2. The monoisotopic (exact) mass is 399 g/mol. The van der Waals surface area contributed by atoms with E-state index in [1.165, 1.54) is 12.1 Å². The van der Waals surface area contributed by atoms with Crippen molar-refractivity contribution in [1.82, 2.24) is 14.8 Å².